The van der Waals surface area contributed by atoms with E-state index in [2.05, 4.69) is 35.1 Å². The van der Waals surface area contributed by atoms with Crippen LogP contribution in [0.4, 0.5) is 4.39 Å². The van der Waals surface area contributed by atoms with Gasteiger partial charge in [-0.2, -0.15) is 0 Å². The first-order valence-corrected chi connectivity index (χ1v) is 8.59. The van der Waals surface area contributed by atoms with Crippen LogP contribution in [0, 0.1) is 17.7 Å². The maximum absolute atomic E-state index is 13.7. The molecule has 1 aliphatic carbocycles. The number of carbonyl (C=O) groups excluding carboxylic acids is 2. The number of rotatable bonds is 4. The quantitative estimate of drug-likeness (QED) is 0.804. The molecule has 1 aromatic rings. The fourth-order valence-corrected chi connectivity index (χ4v) is 3.23. The first-order valence-electron chi connectivity index (χ1n) is 7.80. The highest BCUT2D eigenvalue weighted by molar-refractivity contribution is 9.10. The minimum absolute atomic E-state index is 0.106. The highest BCUT2D eigenvalue weighted by atomic mass is 79.9. The van der Waals surface area contributed by atoms with Crippen LogP contribution < -0.4 is 5.32 Å². The molecule has 0 unspecified atom stereocenters. The highest BCUT2D eigenvalue weighted by Crippen LogP contribution is 2.29. The normalized spacial score (nSPS) is 24.1. The molecule has 1 amide bonds. The Morgan fingerprint density at radius 2 is 2.09 bits per heavy atom. The number of benzene rings is 1. The van der Waals surface area contributed by atoms with Crippen molar-refractivity contribution in [1.29, 1.82) is 0 Å². The number of nitrogens with one attached hydrogen (secondary N) is 1. The van der Waals surface area contributed by atoms with Gasteiger partial charge < -0.3 is 10.1 Å². The smallest absolute Gasteiger partial charge is 0.341 e. The molecule has 2 rings (SSSR count). The number of carbonyl (C=O) groups is 2. The van der Waals surface area contributed by atoms with Gasteiger partial charge in [-0.15, -0.1) is 0 Å². The number of hydrogen-bond donors (Lipinski definition) is 1. The third-order valence-electron chi connectivity index (χ3n) is 4.54. The second-order valence-corrected chi connectivity index (χ2v) is 7.06. The largest absolute Gasteiger partial charge is 0.452 e. The van der Waals surface area contributed by atoms with Crippen LogP contribution in [0.2, 0.25) is 0 Å². The number of halogens is 2. The predicted octanol–water partition coefficient (Wildman–Crippen LogP) is 3.69. The highest BCUT2D eigenvalue weighted by Gasteiger charge is 2.28. The van der Waals surface area contributed by atoms with Gasteiger partial charge in [-0.05, 0) is 36.5 Å². The Labute approximate surface area is 143 Å². The molecule has 4 nitrogen and oxygen atoms in total. The molecular formula is C17H21BrFNO3. The summed E-state index contributed by atoms with van der Waals surface area (Å²) >= 11 is 3.12. The first kappa shape index (κ1) is 17.9. The Bertz CT molecular complexity index is 593. The summed E-state index contributed by atoms with van der Waals surface area (Å²) in [6, 6.07) is 4.16. The lowest BCUT2D eigenvalue weighted by molar-refractivity contribution is -0.125. The van der Waals surface area contributed by atoms with E-state index < -0.39 is 18.4 Å². The SMILES string of the molecule is C[C@@H]1[C@H](C)CCC[C@@H]1NC(=O)COC(=O)c1ccc(Br)cc1F. The van der Waals surface area contributed by atoms with Gasteiger partial charge >= 0.3 is 5.97 Å². The Hall–Kier alpha value is -1.43. The van der Waals surface area contributed by atoms with Crippen LogP contribution in [0.3, 0.4) is 0 Å². The lowest BCUT2D eigenvalue weighted by Gasteiger charge is -2.34. The molecule has 1 fully saturated rings. The van der Waals surface area contributed by atoms with Crippen molar-refractivity contribution in [1.82, 2.24) is 5.32 Å². The van der Waals surface area contributed by atoms with Crippen molar-refractivity contribution in [2.24, 2.45) is 11.8 Å². The van der Waals surface area contributed by atoms with Gasteiger partial charge in [-0.3, -0.25) is 4.79 Å². The van der Waals surface area contributed by atoms with Crippen LogP contribution in [0.1, 0.15) is 43.5 Å². The van der Waals surface area contributed by atoms with Crippen LogP contribution in [-0.2, 0) is 9.53 Å². The van der Waals surface area contributed by atoms with Gasteiger partial charge in [0.25, 0.3) is 5.91 Å². The van der Waals surface area contributed by atoms with Gasteiger partial charge in [0, 0.05) is 10.5 Å². The fourth-order valence-electron chi connectivity index (χ4n) is 2.90. The van der Waals surface area contributed by atoms with Crippen LogP contribution in [0.5, 0.6) is 0 Å². The molecule has 1 aromatic carbocycles. The molecule has 0 bridgehead atoms. The molecule has 0 heterocycles. The van der Waals surface area contributed by atoms with Gasteiger partial charge in [0.2, 0.25) is 0 Å². The fraction of sp³-hybridized carbons (Fsp3) is 0.529. The summed E-state index contributed by atoms with van der Waals surface area (Å²) in [7, 11) is 0. The zero-order valence-electron chi connectivity index (χ0n) is 13.3. The van der Waals surface area contributed by atoms with Crippen molar-refractivity contribution in [3.63, 3.8) is 0 Å². The van der Waals surface area contributed by atoms with Crippen molar-refractivity contribution in [2.45, 2.75) is 39.2 Å². The van der Waals surface area contributed by atoms with Crippen molar-refractivity contribution >= 4 is 27.8 Å². The Morgan fingerprint density at radius 3 is 2.78 bits per heavy atom. The van der Waals surface area contributed by atoms with Gasteiger partial charge in [0.05, 0.1) is 5.56 Å². The Kier molecular flexibility index (Phi) is 6.16. The summed E-state index contributed by atoms with van der Waals surface area (Å²) in [6.45, 7) is 3.91. The molecular weight excluding hydrogens is 365 g/mol. The third kappa shape index (κ3) is 4.77. The van der Waals surface area contributed by atoms with Crippen LogP contribution >= 0.6 is 15.9 Å². The number of amides is 1. The van der Waals surface area contributed by atoms with E-state index in [0.717, 1.165) is 12.8 Å². The number of ether oxygens (including phenoxy) is 1. The van der Waals surface area contributed by atoms with Crippen molar-refractivity contribution in [3.8, 4) is 0 Å². The third-order valence-corrected chi connectivity index (χ3v) is 5.03. The van der Waals surface area contributed by atoms with Crippen molar-refractivity contribution in [3.05, 3.63) is 34.1 Å². The van der Waals surface area contributed by atoms with E-state index in [0.29, 0.717) is 16.3 Å². The van der Waals surface area contributed by atoms with E-state index in [1.165, 1.54) is 18.6 Å². The molecule has 0 saturated heterocycles. The topological polar surface area (TPSA) is 55.4 Å². The summed E-state index contributed by atoms with van der Waals surface area (Å²) in [5, 5.41) is 2.91. The summed E-state index contributed by atoms with van der Waals surface area (Å²) in [5.41, 5.74) is -0.180. The molecule has 23 heavy (non-hydrogen) atoms. The summed E-state index contributed by atoms with van der Waals surface area (Å²) in [4.78, 5) is 23.8. The van der Waals surface area contributed by atoms with Crippen LogP contribution in [0.15, 0.2) is 22.7 Å². The lowest BCUT2D eigenvalue weighted by atomic mass is 9.78. The molecule has 1 N–H and O–H groups in total. The van der Waals surface area contributed by atoms with E-state index in [9.17, 15) is 14.0 Å². The van der Waals surface area contributed by atoms with Gasteiger partial charge in [0.15, 0.2) is 6.61 Å². The average molecular weight is 386 g/mol. The second kappa shape index (κ2) is 7.90. The monoisotopic (exact) mass is 385 g/mol. The van der Waals surface area contributed by atoms with Crippen molar-refractivity contribution < 1.29 is 18.7 Å². The standard InChI is InChI=1S/C17H21BrFNO3/c1-10-4-3-5-15(11(10)2)20-16(21)9-23-17(22)13-7-6-12(18)8-14(13)19/h6-8,10-11,15H,3-5,9H2,1-2H3,(H,20,21)/t10-,11-,15+/m1/s1. The summed E-state index contributed by atoms with van der Waals surface area (Å²) in [6.07, 6.45) is 3.19. The average Bonchev–Trinajstić information content (AvgIpc) is 2.49. The Morgan fingerprint density at radius 1 is 1.35 bits per heavy atom. The number of hydrogen-bond acceptors (Lipinski definition) is 3. The van der Waals surface area contributed by atoms with E-state index >= 15 is 0 Å². The van der Waals surface area contributed by atoms with E-state index in [-0.39, 0.29) is 17.5 Å². The molecule has 1 aliphatic rings. The second-order valence-electron chi connectivity index (χ2n) is 6.14. The zero-order valence-corrected chi connectivity index (χ0v) is 14.9. The molecule has 0 radical (unpaired) electrons. The minimum atomic E-state index is -0.838. The Balaban J connectivity index is 1.85. The van der Waals surface area contributed by atoms with E-state index in [4.69, 9.17) is 4.74 Å². The zero-order chi connectivity index (χ0) is 17.0. The molecule has 6 heteroatoms. The van der Waals surface area contributed by atoms with Gasteiger partial charge in [0.1, 0.15) is 5.82 Å². The van der Waals surface area contributed by atoms with Gasteiger partial charge in [-0.1, -0.05) is 42.6 Å². The number of esters is 1. The molecule has 0 aliphatic heterocycles. The molecule has 0 spiro atoms. The summed E-state index contributed by atoms with van der Waals surface area (Å²) < 4.78 is 19.1. The van der Waals surface area contributed by atoms with E-state index in [1.807, 2.05) is 0 Å². The maximum atomic E-state index is 13.7. The molecule has 3 atom stereocenters. The first-order chi connectivity index (χ1) is 10.9. The predicted molar refractivity (Wildman–Crippen MR) is 88.5 cm³/mol. The minimum Gasteiger partial charge on any atom is -0.452 e. The lowest BCUT2D eigenvalue weighted by Crippen LogP contribution is -2.45. The van der Waals surface area contributed by atoms with E-state index in [1.54, 1.807) is 6.07 Å². The summed E-state index contributed by atoms with van der Waals surface area (Å²) in [5.74, 6) is -0.905. The van der Waals surface area contributed by atoms with Gasteiger partial charge in [-0.25, -0.2) is 9.18 Å². The van der Waals surface area contributed by atoms with Crippen LogP contribution in [0.25, 0.3) is 0 Å². The molecule has 0 aromatic heterocycles. The maximum Gasteiger partial charge on any atom is 0.341 e. The van der Waals surface area contributed by atoms with Crippen LogP contribution in [-0.4, -0.2) is 24.5 Å². The van der Waals surface area contributed by atoms with Crippen molar-refractivity contribution in [2.75, 3.05) is 6.61 Å². The molecule has 1 saturated carbocycles. The molecule has 126 valence electrons.